The standard InChI is InChI=1S/C9H12O4/c1-5-4-6(8(10)11)2-3-7(5)9(12)13/h2-4,8-13H,1H3. The molecule has 0 saturated heterocycles. The lowest BCUT2D eigenvalue weighted by Crippen LogP contribution is -2.01. The second-order valence-corrected chi connectivity index (χ2v) is 2.86. The van der Waals surface area contributed by atoms with Crippen LogP contribution in [0.25, 0.3) is 0 Å². The average molecular weight is 184 g/mol. The fourth-order valence-corrected chi connectivity index (χ4v) is 1.15. The fraction of sp³-hybridized carbons (Fsp3) is 0.333. The quantitative estimate of drug-likeness (QED) is 0.486. The summed E-state index contributed by atoms with van der Waals surface area (Å²) >= 11 is 0. The molecule has 0 unspecified atom stereocenters. The minimum absolute atomic E-state index is 0.335. The van der Waals surface area contributed by atoms with Crippen molar-refractivity contribution in [1.82, 2.24) is 0 Å². The van der Waals surface area contributed by atoms with Crippen LogP contribution in [-0.2, 0) is 0 Å². The molecule has 0 spiro atoms. The molecule has 0 fully saturated rings. The van der Waals surface area contributed by atoms with Gasteiger partial charge in [0.05, 0.1) is 0 Å². The van der Waals surface area contributed by atoms with Gasteiger partial charge in [0, 0.05) is 11.1 Å². The Balaban J connectivity index is 3.06. The first-order valence-corrected chi connectivity index (χ1v) is 3.85. The van der Waals surface area contributed by atoms with Crippen LogP contribution in [0.3, 0.4) is 0 Å². The van der Waals surface area contributed by atoms with Crippen LogP contribution in [0.4, 0.5) is 0 Å². The molecule has 13 heavy (non-hydrogen) atoms. The maximum Gasteiger partial charge on any atom is 0.178 e. The van der Waals surface area contributed by atoms with E-state index in [2.05, 4.69) is 0 Å². The average Bonchev–Trinajstić information content (AvgIpc) is 2.03. The largest absolute Gasteiger partial charge is 0.364 e. The first-order valence-electron chi connectivity index (χ1n) is 3.85. The molecule has 1 rings (SSSR count). The van der Waals surface area contributed by atoms with Crippen LogP contribution in [0.1, 0.15) is 29.3 Å². The van der Waals surface area contributed by atoms with Crippen LogP contribution in [-0.4, -0.2) is 20.4 Å². The van der Waals surface area contributed by atoms with Crippen LogP contribution in [0.15, 0.2) is 18.2 Å². The van der Waals surface area contributed by atoms with E-state index in [0.717, 1.165) is 0 Å². The van der Waals surface area contributed by atoms with E-state index < -0.39 is 12.6 Å². The monoisotopic (exact) mass is 184 g/mol. The molecule has 1 aromatic carbocycles. The minimum atomic E-state index is -1.52. The maximum atomic E-state index is 8.86. The first-order chi connectivity index (χ1) is 6.02. The highest BCUT2D eigenvalue weighted by atomic mass is 16.5. The Labute approximate surface area is 75.7 Å². The van der Waals surface area contributed by atoms with Gasteiger partial charge in [-0.05, 0) is 12.5 Å². The normalized spacial score (nSPS) is 11.3. The van der Waals surface area contributed by atoms with Gasteiger partial charge in [-0.15, -0.1) is 0 Å². The van der Waals surface area contributed by atoms with E-state index >= 15 is 0 Å². The van der Waals surface area contributed by atoms with E-state index in [-0.39, 0.29) is 0 Å². The third-order valence-corrected chi connectivity index (χ3v) is 1.87. The third-order valence-electron chi connectivity index (χ3n) is 1.87. The molecular weight excluding hydrogens is 172 g/mol. The molecule has 0 radical (unpaired) electrons. The second kappa shape index (κ2) is 3.85. The van der Waals surface area contributed by atoms with Crippen LogP contribution in [0, 0.1) is 6.92 Å². The smallest absolute Gasteiger partial charge is 0.178 e. The van der Waals surface area contributed by atoms with E-state index in [1.54, 1.807) is 6.92 Å². The Hall–Kier alpha value is -0.940. The van der Waals surface area contributed by atoms with Crippen LogP contribution >= 0.6 is 0 Å². The number of aryl methyl sites for hydroxylation is 1. The van der Waals surface area contributed by atoms with E-state index in [4.69, 9.17) is 20.4 Å². The van der Waals surface area contributed by atoms with Crippen molar-refractivity contribution in [2.45, 2.75) is 19.5 Å². The molecule has 0 aliphatic heterocycles. The summed E-state index contributed by atoms with van der Waals surface area (Å²) in [7, 11) is 0. The minimum Gasteiger partial charge on any atom is -0.364 e. The van der Waals surface area contributed by atoms with Gasteiger partial charge in [-0.3, -0.25) is 0 Å². The molecule has 0 aliphatic carbocycles. The van der Waals surface area contributed by atoms with Crippen LogP contribution < -0.4 is 0 Å². The van der Waals surface area contributed by atoms with Crippen molar-refractivity contribution in [3.63, 3.8) is 0 Å². The number of hydrogen-bond donors (Lipinski definition) is 4. The molecule has 0 aliphatic rings. The molecule has 4 heteroatoms. The van der Waals surface area contributed by atoms with E-state index in [0.29, 0.717) is 16.7 Å². The highest BCUT2D eigenvalue weighted by Crippen LogP contribution is 2.19. The van der Waals surface area contributed by atoms with Gasteiger partial charge in [0.15, 0.2) is 12.6 Å². The molecule has 0 amide bonds. The van der Waals surface area contributed by atoms with Gasteiger partial charge in [0.1, 0.15) is 0 Å². The summed E-state index contributed by atoms with van der Waals surface area (Å²) in [5.74, 6) is 0. The predicted molar refractivity (Wildman–Crippen MR) is 45.5 cm³/mol. The Morgan fingerprint density at radius 2 is 1.62 bits per heavy atom. The van der Waals surface area contributed by atoms with Crippen molar-refractivity contribution in [3.05, 3.63) is 34.9 Å². The van der Waals surface area contributed by atoms with Gasteiger partial charge in [-0.1, -0.05) is 18.2 Å². The van der Waals surface area contributed by atoms with Crippen molar-refractivity contribution in [3.8, 4) is 0 Å². The SMILES string of the molecule is Cc1cc(C(O)O)ccc1C(O)O. The highest BCUT2D eigenvalue weighted by molar-refractivity contribution is 5.32. The van der Waals surface area contributed by atoms with Gasteiger partial charge in [-0.2, -0.15) is 0 Å². The van der Waals surface area contributed by atoms with E-state index in [9.17, 15) is 0 Å². The van der Waals surface area contributed by atoms with Crippen LogP contribution in [0.2, 0.25) is 0 Å². The predicted octanol–water partition coefficient (Wildman–Crippen LogP) is -0.0386. The molecule has 1 aromatic rings. The first kappa shape index (κ1) is 10.1. The van der Waals surface area contributed by atoms with E-state index in [1.165, 1.54) is 18.2 Å². The summed E-state index contributed by atoms with van der Waals surface area (Å²) in [5, 5.41) is 35.3. The summed E-state index contributed by atoms with van der Waals surface area (Å²) in [4.78, 5) is 0. The lowest BCUT2D eigenvalue weighted by molar-refractivity contribution is -0.0461. The Morgan fingerprint density at radius 3 is 2.00 bits per heavy atom. The lowest BCUT2D eigenvalue weighted by Gasteiger charge is -2.10. The molecule has 72 valence electrons. The Morgan fingerprint density at radius 1 is 1.00 bits per heavy atom. The fourth-order valence-electron chi connectivity index (χ4n) is 1.15. The summed E-state index contributed by atoms with van der Waals surface area (Å²) in [6, 6.07) is 4.39. The lowest BCUT2D eigenvalue weighted by atomic mass is 10.0. The zero-order chi connectivity index (χ0) is 10.0. The second-order valence-electron chi connectivity index (χ2n) is 2.86. The van der Waals surface area contributed by atoms with Gasteiger partial charge in [0.25, 0.3) is 0 Å². The molecule has 0 atom stereocenters. The Kier molecular flexibility index (Phi) is 3.00. The number of rotatable bonds is 2. The topological polar surface area (TPSA) is 80.9 Å². The molecule has 0 saturated carbocycles. The van der Waals surface area contributed by atoms with Crippen LogP contribution in [0.5, 0.6) is 0 Å². The number of aliphatic hydroxyl groups excluding tert-OH is 2. The van der Waals surface area contributed by atoms with E-state index in [1.807, 2.05) is 0 Å². The molecule has 0 aromatic heterocycles. The number of benzene rings is 1. The summed E-state index contributed by atoms with van der Waals surface area (Å²) in [6.45, 7) is 1.67. The number of aliphatic hydroxyl groups is 4. The summed E-state index contributed by atoms with van der Waals surface area (Å²) < 4.78 is 0. The van der Waals surface area contributed by atoms with Crippen molar-refractivity contribution in [2.75, 3.05) is 0 Å². The zero-order valence-electron chi connectivity index (χ0n) is 7.18. The van der Waals surface area contributed by atoms with Gasteiger partial charge in [0.2, 0.25) is 0 Å². The molecule has 0 bridgehead atoms. The van der Waals surface area contributed by atoms with Gasteiger partial charge >= 0.3 is 0 Å². The molecule has 0 heterocycles. The zero-order valence-corrected chi connectivity index (χ0v) is 7.18. The summed E-state index contributed by atoms with van der Waals surface area (Å²) in [6.07, 6.45) is -3.05. The maximum absolute atomic E-state index is 8.86. The molecular formula is C9H12O4. The molecule has 4 nitrogen and oxygen atoms in total. The summed E-state index contributed by atoms with van der Waals surface area (Å²) in [5.41, 5.74) is 1.31. The van der Waals surface area contributed by atoms with Gasteiger partial charge in [-0.25, -0.2) is 0 Å². The van der Waals surface area contributed by atoms with Crippen molar-refractivity contribution < 1.29 is 20.4 Å². The van der Waals surface area contributed by atoms with Gasteiger partial charge < -0.3 is 20.4 Å². The van der Waals surface area contributed by atoms with Crippen molar-refractivity contribution >= 4 is 0 Å². The third kappa shape index (κ3) is 2.26. The Bertz CT molecular complexity index is 294. The molecule has 4 N–H and O–H groups in total. The number of hydrogen-bond acceptors (Lipinski definition) is 4. The van der Waals surface area contributed by atoms with Crippen molar-refractivity contribution in [2.24, 2.45) is 0 Å². The van der Waals surface area contributed by atoms with Crippen molar-refractivity contribution in [1.29, 1.82) is 0 Å². The highest BCUT2D eigenvalue weighted by Gasteiger charge is 2.09.